The minimum absolute atomic E-state index is 0.00879. The second-order valence-electron chi connectivity index (χ2n) is 6.54. The van der Waals surface area contributed by atoms with Gasteiger partial charge < -0.3 is 15.0 Å². The van der Waals surface area contributed by atoms with Crippen molar-refractivity contribution in [2.24, 2.45) is 0 Å². The van der Waals surface area contributed by atoms with Gasteiger partial charge in [0.25, 0.3) is 5.91 Å². The molecule has 0 aliphatic carbocycles. The van der Waals surface area contributed by atoms with Gasteiger partial charge in [0.05, 0.1) is 6.54 Å². The van der Waals surface area contributed by atoms with Gasteiger partial charge in [-0.1, -0.05) is 31.4 Å². The van der Waals surface area contributed by atoms with E-state index in [1.165, 1.54) is 12.2 Å². The van der Waals surface area contributed by atoms with Crippen molar-refractivity contribution in [3.63, 3.8) is 0 Å². The second-order valence-corrected chi connectivity index (χ2v) is 6.54. The molecule has 6 nitrogen and oxygen atoms in total. The van der Waals surface area contributed by atoms with Crippen LogP contribution < -0.4 is 5.32 Å². The summed E-state index contributed by atoms with van der Waals surface area (Å²) in [5, 5.41) is 2.65. The fourth-order valence-corrected chi connectivity index (χ4v) is 3.42. The molecule has 0 aromatic rings. The van der Waals surface area contributed by atoms with Crippen molar-refractivity contribution in [2.45, 2.75) is 31.3 Å². The Morgan fingerprint density at radius 2 is 1.96 bits per heavy atom. The Labute approximate surface area is 150 Å². The molecule has 0 bridgehead atoms. The molecule has 0 radical (unpaired) electrons. The van der Waals surface area contributed by atoms with Crippen LogP contribution in [0, 0.1) is 0 Å². The zero-order chi connectivity index (χ0) is 18.2. The van der Waals surface area contributed by atoms with Crippen molar-refractivity contribution in [3.05, 3.63) is 37.0 Å². The number of amides is 2. The van der Waals surface area contributed by atoms with Crippen LogP contribution in [-0.4, -0.2) is 73.6 Å². The van der Waals surface area contributed by atoms with Gasteiger partial charge in [0.15, 0.2) is 0 Å². The van der Waals surface area contributed by atoms with E-state index in [0.29, 0.717) is 17.7 Å². The van der Waals surface area contributed by atoms with E-state index in [-0.39, 0.29) is 18.4 Å². The molecule has 6 heteroatoms. The summed E-state index contributed by atoms with van der Waals surface area (Å²) in [6.07, 6.45) is 7.63. The lowest BCUT2D eigenvalue weighted by Gasteiger charge is -2.35. The molecular formula is C19H29N3O3. The molecule has 138 valence electrons. The van der Waals surface area contributed by atoms with E-state index >= 15 is 0 Å². The maximum absolute atomic E-state index is 12.4. The number of nitrogens with zero attached hydrogens (tertiary/aromatic N) is 2. The molecular weight excluding hydrogens is 318 g/mol. The van der Waals surface area contributed by atoms with Crippen LogP contribution in [-0.2, 0) is 14.3 Å². The number of rotatable bonds is 7. The molecule has 0 spiro atoms. The summed E-state index contributed by atoms with van der Waals surface area (Å²) in [4.78, 5) is 28.6. The van der Waals surface area contributed by atoms with Gasteiger partial charge in [0, 0.05) is 44.0 Å². The average Bonchev–Trinajstić information content (AvgIpc) is 3.14. The highest BCUT2D eigenvalue weighted by atomic mass is 16.5. The SMILES string of the molecule is C=C/C=C(\C=C)C(=O)NCC(=O)N1CCC(N(C)C2CCOCC2)C1. The molecule has 0 aromatic heterocycles. The maximum Gasteiger partial charge on any atom is 0.251 e. The number of likely N-dealkylation sites (tertiary alicyclic amines) is 1. The topological polar surface area (TPSA) is 61.9 Å². The van der Waals surface area contributed by atoms with Gasteiger partial charge in [-0.15, -0.1) is 0 Å². The third-order valence-electron chi connectivity index (χ3n) is 5.04. The van der Waals surface area contributed by atoms with E-state index in [9.17, 15) is 9.59 Å². The Morgan fingerprint density at radius 1 is 1.24 bits per heavy atom. The van der Waals surface area contributed by atoms with Crippen molar-refractivity contribution in [2.75, 3.05) is 39.9 Å². The van der Waals surface area contributed by atoms with Gasteiger partial charge in [0.1, 0.15) is 0 Å². The number of ether oxygens (including phenoxy) is 1. The smallest absolute Gasteiger partial charge is 0.251 e. The average molecular weight is 347 g/mol. The number of hydrogen-bond acceptors (Lipinski definition) is 4. The molecule has 2 aliphatic rings. The minimum atomic E-state index is -0.307. The summed E-state index contributed by atoms with van der Waals surface area (Å²) in [6, 6.07) is 0.917. The first-order chi connectivity index (χ1) is 12.1. The first kappa shape index (κ1) is 19.4. The molecule has 2 amide bonds. The van der Waals surface area contributed by atoms with Crippen LogP contribution in [0.2, 0.25) is 0 Å². The third kappa shape index (κ3) is 5.28. The Kier molecular flexibility index (Phi) is 7.40. The van der Waals surface area contributed by atoms with E-state index < -0.39 is 0 Å². The predicted molar refractivity (Wildman–Crippen MR) is 98.1 cm³/mol. The largest absolute Gasteiger partial charge is 0.381 e. The predicted octanol–water partition coefficient (Wildman–Crippen LogP) is 1.11. The molecule has 1 unspecified atom stereocenters. The molecule has 0 saturated carbocycles. The number of hydrogen-bond donors (Lipinski definition) is 1. The summed E-state index contributed by atoms with van der Waals surface area (Å²) in [5.41, 5.74) is 0.404. The zero-order valence-corrected chi connectivity index (χ0v) is 15.1. The summed E-state index contributed by atoms with van der Waals surface area (Å²) < 4.78 is 5.42. The lowest BCUT2D eigenvalue weighted by molar-refractivity contribution is -0.131. The Bertz CT molecular complexity index is 538. The molecule has 25 heavy (non-hydrogen) atoms. The zero-order valence-electron chi connectivity index (χ0n) is 15.1. The fraction of sp³-hybridized carbons (Fsp3) is 0.579. The number of carbonyl (C=O) groups excluding carboxylic acids is 2. The Morgan fingerprint density at radius 3 is 2.60 bits per heavy atom. The monoisotopic (exact) mass is 347 g/mol. The van der Waals surface area contributed by atoms with Crippen molar-refractivity contribution in [1.82, 2.24) is 15.1 Å². The van der Waals surface area contributed by atoms with Gasteiger partial charge in [-0.25, -0.2) is 0 Å². The van der Waals surface area contributed by atoms with E-state index in [1.807, 2.05) is 4.90 Å². The van der Waals surface area contributed by atoms with E-state index in [4.69, 9.17) is 4.74 Å². The first-order valence-electron chi connectivity index (χ1n) is 8.87. The van der Waals surface area contributed by atoms with Gasteiger partial charge in [-0.3, -0.25) is 14.5 Å². The fourth-order valence-electron chi connectivity index (χ4n) is 3.42. The van der Waals surface area contributed by atoms with E-state index in [2.05, 4.69) is 30.4 Å². The normalized spacial score (nSPS) is 22.1. The van der Waals surface area contributed by atoms with Gasteiger partial charge >= 0.3 is 0 Å². The molecule has 2 fully saturated rings. The number of carbonyl (C=O) groups is 2. The molecule has 2 rings (SSSR count). The minimum Gasteiger partial charge on any atom is -0.381 e. The number of nitrogens with one attached hydrogen (secondary N) is 1. The number of likely N-dealkylation sites (N-methyl/N-ethyl adjacent to an activating group) is 1. The second kappa shape index (κ2) is 9.53. The first-order valence-corrected chi connectivity index (χ1v) is 8.87. The van der Waals surface area contributed by atoms with Gasteiger partial charge in [-0.2, -0.15) is 0 Å². The van der Waals surface area contributed by atoms with Gasteiger partial charge in [0.2, 0.25) is 5.91 Å². The Hall–Kier alpha value is -1.92. The molecule has 1 atom stereocenters. The van der Waals surface area contributed by atoms with Crippen LogP contribution in [0.1, 0.15) is 19.3 Å². The van der Waals surface area contributed by atoms with E-state index in [0.717, 1.165) is 45.6 Å². The molecule has 2 aliphatic heterocycles. The lowest BCUT2D eigenvalue weighted by atomic mass is 10.1. The summed E-state index contributed by atoms with van der Waals surface area (Å²) >= 11 is 0. The van der Waals surface area contributed by atoms with Crippen LogP contribution in [0.4, 0.5) is 0 Å². The standard InChI is InChI=1S/C19H29N3O3/c1-4-6-15(5-2)19(24)20-13-18(23)22-10-7-17(14-22)21(3)16-8-11-25-12-9-16/h4-6,16-17H,1-2,7-14H2,3H3,(H,20,24)/b15-6+. The highest BCUT2D eigenvalue weighted by Crippen LogP contribution is 2.21. The Balaban J connectivity index is 1.79. The molecule has 1 N–H and O–H groups in total. The van der Waals surface area contributed by atoms with Crippen molar-refractivity contribution >= 4 is 11.8 Å². The third-order valence-corrected chi connectivity index (χ3v) is 5.04. The van der Waals surface area contributed by atoms with Crippen LogP contribution in [0.5, 0.6) is 0 Å². The van der Waals surface area contributed by atoms with E-state index in [1.54, 1.807) is 6.08 Å². The summed E-state index contributed by atoms with van der Waals surface area (Å²) in [6.45, 7) is 10.3. The van der Waals surface area contributed by atoms with Crippen LogP contribution in [0.15, 0.2) is 37.0 Å². The van der Waals surface area contributed by atoms with Crippen molar-refractivity contribution < 1.29 is 14.3 Å². The van der Waals surface area contributed by atoms with Crippen LogP contribution in [0.3, 0.4) is 0 Å². The molecule has 2 saturated heterocycles. The van der Waals surface area contributed by atoms with Gasteiger partial charge in [-0.05, 0) is 26.3 Å². The highest BCUT2D eigenvalue weighted by molar-refractivity contribution is 5.98. The maximum atomic E-state index is 12.4. The van der Waals surface area contributed by atoms with Crippen molar-refractivity contribution in [3.8, 4) is 0 Å². The molecule has 0 aromatic carbocycles. The van der Waals surface area contributed by atoms with Crippen LogP contribution >= 0.6 is 0 Å². The lowest BCUT2D eigenvalue weighted by Crippen LogP contribution is -2.45. The molecule has 2 heterocycles. The summed E-state index contributed by atoms with van der Waals surface area (Å²) in [5.74, 6) is -0.350. The number of allylic oxidation sites excluding steroid dienone is 2. The van der Waals surface area contributed by atoms with Crippen LogP contribution in [0.25, 0.3) is 0 Å². The summed E-state index contributed by atoms with van der Waals surface area (Å²) in [7, 11) is 2.15. The van der Waals surface area contributed by atoms with Crippen molar-refractivity contribution in [1.29, 1.82) is 0 Å². The quantitative estimate of drug-likeness (QED) is 0.554. The highest BCUT2D eigenvalue weighted by Gasteiger charge is 2.32.